The van der Waals surface area contributed by atoms with Crippen molar-refractivity contribution < 1.29 is 9.84 Å². The normalized spacial score (nSPS) is 9.78. The lowest BCUT2D eigenvalue weighted by molar-refractivity contribution is 0.278. The molecule has 0 fully saturated rings. The Balaban J connectivity index is 2.04. The molecule has 0 atom stereocenters. The van der Waals surface area contributed by atoms with Crippen molar-refractivity contribution in [3.8, 4) is 11.8 Å². The number of ether oxygens (including phenoxy) is 1. The molecule has 0 unspecified atom stereocenters. The van der Waals surface area contributed by atoms with Gasteiger partial charge < -0.3 is 9.84 Å². The largest absolute Gasteiger partial charge is 0.489 e. The van der Waals surface area contributed by atoms with Crippen LogP contribution in [-0.2, 0) is 13.2 Å². The summed E-state index contributed by atoms with van der Waals surface area (Å²) < 4.78 is 5.61. The Bertz CT molecular complexity index is 573. The number of hydrogen-bond acceptors (Lipinski definition) is 3. The second-order valence-corrected chi connectivity index (χ2v) is 3.91. The second kappa shape index (κ2) is 5.85. The monoisotopic (exact) mass is 239 g/mol. The maximum absolute atomic E-state index is 9.02. The number of aliphatic hydroxyl groups is 1. The molecule has 0 aromatic heterocycles. The number of rotatable bonds is 4. The molecule has 0 aliphatic rings. The second-order valence-electron chi connectivity index (χ2n) is 3.91. The fraction of sp³-hybridized carbons (Fsp3) is 0.133. The SMILES string of the molecule is N#Cc1cccc(COc2cccc(CO)c2)c1. The number of nitrogens with zero attached hydrogens (tertiary/aromatic N) is 1. The van der Waals surface area contributed by atoms with Gasteiger partial charge in [0, 0.05) is 0 Å². The fourth-order valence-corrected chi connectivity index (χ4v) is 1.63. The van der Waals surface area contributed by atoms with E-state index in [9.17, 15) is 0 Å². The van der Waals surface area contributed by atoms with Crippen LogP contribution >= 0.6 is 0 Å². The predicted molar refractivity (Wildman–Crippen MR) is 67.9 cm³/mol. The maximum Gasteiger partial charge on any atom is 0.120 e. The lowest BCUT2D eigenvalue weighted by Crippen LogP contribution is -1.96. The van der Waals surface area contributed by atoms with E-state index in [2.05, 4.69) is 6.07 Å². The molecular formula is C15H13NO2. The number of hydrogen-bond donors (Lipinski definition) is 1. The van der Waals surface area contributed by atoms with Gasteiger partial charge in [-0.2, -0.15) is 5.26 Å². The van der Waals surface area contributed by atoms with Crippen molar-refractivity contribution in [2.45, 2.75) is 13.2 Å². The van der Waals surface area contributed by atoms with Crippen molar-refractivity contribution in [2.75, 3.05) is 0 Å². The van der Waals surface area contributed by atoms with Crippen molar-refractivity contribution in [1.29, 1.82) is 5.26 Å². The van der Waals surface area contributed by atoms with Crippen molar-refractivity contribution in [3.05, 3.63) is 65.2 Å². The van der Waals surface area contributed by atoms with Crippen LogP contribution in [0.15, 0.2) is 48.5 Å². The first kappa shape index (κ1) is 12.2. The van der Waals surface area contributed by atoms with Crippen LogP contribution in [0, 0.1) is 11.3 Å². The third-order valence-electron chi connectivity index (χ3n) is 2.54. The maximum atomic E-state index is 9.02. The minimum atomic E-state index is 0.00111. The molecule has 90 valence electrons. The van der Waals surface area contributed by atoms with Crippen LogP contribution in [0.25, 0.3) is 0 Å². The van der Waals surface area contributed by atoms with Crippen molar-refractivity contribution in [3.63, 3.8) is 0 Å². The Hall–Kier alpha value is -2.31. The highest BCUT2D eigenvalue weighted by atomic mass is 16.5. The average Bonchev–Trinajstić information content (AvgIpc) is 2.45. The zero-order valence-electron chi connectivity index (χ0n) is 9.84. The molecule has 0 saturated heterocycles. The van der Waals surface area contributed by atoms with Gasteiger partial charge in [0.2, 0.25) is 0 Å². The van der Waals surface area contributed by atoms with Crippen LogP contribution in [0.5, 0.6) is 5.75 Å². The summed E-state index contributed by atoms with van der Waals surface area (Å²) in [4.78, 5) is 0. The molecule has 2 aromatic carbocycles. The molecule has 2 rings (SSSR count). The molecule has 0 amide bonds. The minimum Gasteiger partial charge on any atom is -0.489 e. The van der Waals surface area contributed by atoms with Crippen molar-refractivity contribution >= 4 is 0 Å². The van der Waals surface area contributed by atoms with Gasteiger partial charge in [-0.15, -0.1) is 0 Å². The molecule has 18 heavy (non-hydrogen) atoms. The molecule has 0 bridgehead atoms. The van der Waals surface area contributed by atoms with Gasteiger partial charge in [0.25, 0.3) is 0 Å². The quantitative estimate of drug-likeness (QED) is 0.892. The van der Waals surface area contributed by atoms with Gasteiger partial charge in [-0.3, -0.25) is 0 Å². The number of nitriles is 1. The first-order valence-electron chi connectivity index (χ1n) is 5.63. The van der Waals surface area contributed by atoms with Gasteiger partial charge in [0.15, 0.2) is 0 Å². The van der Waals surface area contributed by atoms with E-state index in [1.54, 1.807) is 18.2 Å². The average molecular weight is 239 g/mol. The zero-order valence-corrected chi connectivity index (χ0v) is 9.84. The van der Waals surface area contributed by atoms with E-state index in [1.807, 2.05) is 30.3 Å². The van der Waals surface area contributed by atoms with Crippen molar-refractivity contribution in [1.82, 2.24) is 0 Å². The predicted octanol–water partition coefficient (Wildman–Crippen LogP) is 2.63. The summed E-state index contributed by atoms with van der Waals surface area (Å²) in [6, 6.07) is 16.7. The van der Waals surface area contributed by atoms with E-state index in [-0.39, 0.29) is 6.61 Å². The standard InChI is InChI=1S/C15H13NO2/c16-9-12-3-1-5-14(7-12)11-18-15-6-2-4-13(8-15)10-17/h1-8,17H,10-11H2. The van der Waals surface area contributed by atoms with Gasteiger partial charge in [0.05, 0.1) is 18.2 Å². The van der Waals surface area contributed by atoms with Crippen LogP contribution in [-0.4, -0.2) is 5.11 Å². The van der Waals surface area contributed by atoms with Gasteiger partial charge in [-0.25, -0.2) is 0 Å². The van der Waals surface area contributed by atoms with Crippen LogP contribution in [0.4, 0.5) is 0 Å². The molecule has 0 aliphatic heterocycles. The summed E-state index contributed by atoms with van der Waals surface area (Å²) >= 11 is 0. The molecular weight excluding hydrogens is 226 g/mol. The Kier molecular flexibility index (Phi) is 3.95. The Morgan fingerprint density at radius 2 is 1.83 bits per heavy atom. The lowest BCUT2D eigenvalue weighted by atomic mass is 10.1. The van der Waals surface area contributed by atoms with Gasteiger partial charge >= 0.3 is 0 Å². The highest BCUT2D eigenvalue weighted by Crippen LogP contribution is 2.15. The smallest absolute Gasteiger partial charge is 0.120 e. The fourth-order valence-electron chi connectivity index (χ4n) is 1.63. The Labute approximate surface area is 106 Å². The lowest BCUT2D eigenvalue weighted by Gasteiger charge is -2.07. The van der Waals surface area contributed by atoms with Crippen LogP contribution < -0.4 is 4.74 Å². The Morgan fingerprint density at radius 3 is 2.61 bits per heavy atom. The summed E-state index contributed by atoms with van der Waals surface area (Å²) in [5.41, 5.74) is 2.39. The highest BCUT2D eigenvalue weighted by molar-refractivity contribution is 5.33. The third-order valence-corrected chi connectivity index (χ3v) is 2.54. The van der Waals surface area contributed by atoms with E-state index in [1.165, 1.54) is 0 Å². The zero-order chi connectivity index (χ0) is 12.8. The van der Waals surface area contributed by atoms with Crippen LogP contribution in [0.2, 0.25) is 0 Å². The van der Waals surface area contributed by atoms with Crippen LogP contribution in [0.3, 0.4) is 0 Å². The summed E-state index contributed by atoms with van der Waals surface area (Å²) in [7, 11) is 0. The number of aliphatic hydroxyl groups excluding tert-OH is 1. The van der Waals surface area contributed by atoms with E-state index < -0.39 is 0 Å². The van der Waals surface area contributed by atoms with E-state index in [0.717, 1.165) is 11.1 Å². The van der Waals surface area contributed by atoms with E-state index >= 15 is 0 Å². The molecule has 0 heterocycles. The van der Waals surface area contributed by atoms with Gasteiger partial charge in [-0.1, -0.05) is 24.3 Å². The molecule has 0 saturated carbocycles. The topological polar surface area (TPSA) is 53.2 Å². The minimum absolute atomic E-state index is 0.00111. The molecule has 3 nitrogen and oxygen atoms in total. The first-order valence-corrected chi connectivity index (χ1v) is 5.63. The Morgan fingerprint density at radius 1 is 1.06 bits per heavy atom. The summed E-state index contributed by atoms with van der Waals surface area (Å²) in [5, 5.41) is 17.8. The highest BCUT2D eigenvalue weighted by Gasteiger charge is 1.99. The summed E-state index contributed by atoms with van der Waals surface area (Å²) in [6.07, 6.45) is 0. The third kappa shape index (κ3) is 3.09. The van der Waals surface area contributed by atoms with Crippen LogP contribution in [0.1, 0.15) is 16.7 Å². The molecule has 0 radical (unpaired) electrons. The molecule has 0 aliphatic carbocycles. The van der Waals surface area contributed by atoms with Crippen molar-refractivity contribution in [2.24, 2.45) is 0 Å². The van der Waals surface area contributed by atoms with Gasteiger partial charge in [-0.05, 0) is 35.4 Å². The molecule has 1 N–H and O–H groups in total. The van der Waals surface area contributed by atoms with E-state index in [4.69, 9.17) is 15.1 Å². The summed E-state index contributed by atoms with van der Waals surface area (Å²) in [5.74, 6) is 0.712. The van der Waals surface area contributed by atoms with E-state index in [0.29, 0.717) is 17.9 Å². The molecule has 2 aromatic rings. The summed E-state index contributed by atoms with van der Waals surface area (Å²) in [6.45, 7) is 0.408. The number of benzene rings is 2. The molecule has 3 heteroatoms. The first-order chi connectivity index (χ1) is 8.81. The van der Waals surface area contributed by atoms with Gasteiger partial charge in [0.1, 0.15) is 12.4 Å². The molecule has 0 spiro atoms.